The van der Waals surface area contributed by atoms with Crippen molar-refractivity contribution in [3.05, 3.63) is 70.5 Å². The second-order valence-corrected chi connectivity index (χ2v) is 8.88. The highest BCUT2D eigenvalue weighted by Gasteiger charge is 2.26. The minimum Gasteiger partial charge on any atom is -0.504 e. The first kappa shape index (κ1) is 24.8. The third kappa shape index (κ3) is 7.93. The molecular weight excluding hydrogens is 388 g/mol. The first-order valence-corrected chi connectivity index (χ1v) is 11.4. The van der Waals surface area contributed by atoms with Crippen molar-refractivity contribution in [1.29, 1.82) is 0 Å². The van der Waals surface area contributed by atoms with E-state index in [1.807, 2.05) is 13.0 Å². The molecule has 2 atom stereocenters. The molecular formula is C27H38O4. The van der Waals surface area contributed by atoms with Gasteiger partial charge in [-0.25, -0.2) is 4.79 Å². The molecule has 2 unspecified atom stereocenters. The maximum atomic E-state index is 11.5. The summed E-state index contributed by atoms with van der Waals surface area (Å²) >= 11 is 0. The van der Waals surface area contributed by atoms with Gasteiger partial charge in [0, 0.05) is 0 Å². The Balaban J connectivity index is 1.64. The summed E-state index contributed by atoms with van der Waals surface area (Å²) in [6.45, 7) is 14.1. The number of esters is 1. The highest BCUT2D eigenvalue weighted by molar-refractivity contribution is 5.93. The maximum absolute atomic E-state index is 11.5. The zero-order valence-electron chi connectivity index (χ0n) is 19.8. The van der Waals surface area contributed by atoms with E-state index >= 15 is 0 Å². The predicted octanol–water partition coefficient (Wildman–Crippen LogP) is 7.38. The van der Waals surface area contributed by atoms with Crippen molar-refractivity contribution < 1.29 is 19.4 Å². The first-order valence-electron chi connectivity index (χ1n) is 11.4. The van der Waals surface area contributed by atoms with Gasteiger partial charge in [0.1, 0.15) is 11.9 Å². The molecule has 0 saturated carbocycles. The predicted molar refractivity (Wildman–Crippen MR) is 126 cm³/mol. The van der Waals surface area contributed by atoms with Gasteiger partial charge in [0.05, 0.1) is 5.57 Å². The second kappa shape index (κ2) is 11.8. The Morgan fingerprint density at radius 2 is 1.90 bits per heavy atom. The molecule has 4 heteroatoms. The molecule has 2 aliphatic rings. The highest BCUT2D eigenvalue weighted by Crippen LogP contribution is 2.27. The van der Waals surface area contributed by atoms with E-state index in [1.165, 1.54) is 16.7 Å². The van der Waals surface area contributed by atoms with Crippen LogP contribution < -0.4 is 0 Å². The highest BCUT2D eigenvalue weighted by atomic mass is 16.6. The van der Waals surface area contributed by atoms with Crippen LogP contribution in [0.4, 0.5) is 0 Å². The van der Waals surface area contributed by atoms with Gasteiger partial charge in [0.25, 0.3) is 0 Å². The lowest BCUT2D eigenvalue weighted by Gasteiger charge is -2.08. The summed E-state index contributed by atoms with van der Waals surface area (Å²) in [5, 5.41) is 9.90. The Bertz CT molecular complexity index is 835. The Kier molecular flexibility index (Phi) is 9.42. The van der Waals surface area contributed by atoms with Gasteiger partial charge in [-0.3, -0.25) is 0 Å². The molecule has 0 radical (unpaired) electrons. The summed E-state index contributed by atoms with van der Waals surface area (Å²) in [4.78, 5) is 11.5. The molecule has 1 N–H and O–H groups in total. The minimum atomic E-state index is -0.455. The number of cyclic esters (lactones) is 1. The number of aliphatic hydroxyl groups excluding tert-OH is 1. The number of allylic oxidation sites excluding steroid dienone is 6. The van der Waals surface area contributed by atoms with Crippen LogP contribution >= 0.6 is 0 Å². The van der Waals surface area contributed by atoms with Crippen molar-refractivity contribution in [2.24, 2.45) is 5.92 Å². The molecule has 2 aliphatic heterocycles. The minimum absolute atomic E-state index is 0.0239. The number of carbonyl (C=O) groups is 1. The number of ether oxygens (including phenoxy) is 2. The normalized spacial score (nSPS) is 22.2. The van der Waals surface area contributed by atoms with Crippen LogP contribution in [0.15, 0.2) is 70.5 Å². The van der Waals surface area contributed by atoms with Crippen LogP contribution in [0.2, 0.25) is 0 Å². The molecule has 4 nitrogen and oxygen atoms in total. The van der Waals surface area contributed by atoms with E-state index in [-0.39, 0.29) is 23.4 Å². The van der Waals surface area contributed by atoms with Gasteiger partial charge in [0.15, 0.2) is 11.5 Å². The van der Waals surface area contributed by atoms with Gasteiger partial charge in [-0.15, -0.1) is 0 Å². The number of carbonyl (C=O) groups excluding carboxylic acids is 1. The zero-order valence-corrected chi connectivity index (χ0v) is 19.8. The topological polar surface area (TPSA) is 55.8 Å². The van der Waals surface area contributed by atoms with Crippen LogP contribution in [0.1, 0.15) is 79.6 Å². The summed E-state index contributed by atoms with van der Waals surface area (Å²) in [6.07, 6.45) is 16.1. The van der Waals surface area contributed by atoms with Crippen LogP contribution in [-0.2, 0) is 14.3 Å². The Hall–Kier alpha value is -2.49. The van der Waals surface area contributed by atoms with Crippen molar-refractivity contribution in [1.82, 2.24) is 0 Å². The van der Waals surface area contributed by atoms with Crippen molar-refractivity contribution in [3.63, 3.8) is 0 Å². The molecule has 0 aromatic rings. The van der Waals surface area contributed by atoms with Crippen LogP contribution in [-0.4, -0.2) is 17.2 Å². The van der Waals surface area contributed by atoms with Crippen LogP contribution in [0.5, 0.6) is 0 Å². The Labute approximate surface area is 187 Å². The Morgan fingerprint density at radius 3 is 2.52 bits per heavy atom. The smallest absolute Gasteiger partial charge is 0.343 e. The lowest BCUT2D eigenvalue weighted by atomic mass is 9.99. The molecule has 0 aliphatic carbocycles. The van der Waals surface area contributed by atoms with Crippen molar-refractivity contribution in [2.75, 3.05) is 0 Å². The molecule has 31 heavy (non-hydrogen) atoms. The van der Waals surface area contributed by atoms with Gasteiger partial charge in [-0.1, -0.05) is 36.8 Å². The van der Waals surface area contributed by atoms with Crippen LogP contribution in [0.3, 0.4) is 0 Å². The van der Waals surface area contributed by atoms with E-state index in [9.17, 15) is 9.90 Å². The largest absolute Gasteiger partial charge is 0.504 e. The molecule has 2 heterocycles. The molecule has 0 aromatic carbocycles. The van der Waals surface area contributed by atoms with E-state index < -0.39 is 5.97 Å². The summed E-state index contributed by atoms with van der Waals surface area (Å²) in [6, 6.07) is 0. The summed E-state index contributed by atoms with van der Waals surface area (Å²) in [7, 11) is 0. The Morgan fingerprint density at radius 1 is 1.23 bits per heavy atom. The monoisotopic (exact) mass is 426 g/mol. The summed E-state index contributed by atoms with van der Waals surface area (Å²) in [5.41, 5.74) is 4.37. The number of rotatable bonds is 11. The lowest BCUT2D eigenvalue weighted by Crippen LogP contribution is -1.97. The van der Waals surface area contributed by atoms with Gasteiger partial charge >= 0.3 is 5.97 Å². The quantitative estimate of drug-likeness (QED) is 0.277. The fourth-order valence-electron chi connectivity index (χ4n) is 3.82. The standard InChI is InChI=1S/C27H38O4/c1-18(12-8-14-20(3)16-25-26(28)22(5)27(29)31-25)10-7-11-19(2)13-9-15-24-17-21(4)30-23(24)6/h10,13,16-17,20-21,28H,6-9,11-12,14-15H2,1-5H3. The van der Waals surface area contributed by atoms with Gasteiger partial charge in [-0.05, 0) is 96.3 Å². The average Bonchev–Trinajstić information content (AvgIpc) is 3.14. The fraction of sp³-hybridized carbons (Fsp3) is 0.519. The summed E-state index contributed by atoms with van der Waals surface area (Å²) < 4.78 is 10.7. The van der Waals surface area contributed by atoms with Crippen molar-refractivity contribution in [2.45, 2.75) is 85.7 Å². The zero-order chi connectivity index (χ0) is 23.0. The molecule has 0 amide bonds. The molecule has 2 rings (SSSR count). The van der Waals surface area contributed by atoms with Crippen LogP contribution in [0, 0.1) is 5.92 Å². The third-order valence-corrected chi connectivity index (χ3v) is 5.82. The van der Waals surface area contributed by atoms with Gasteiger partial charge in [-0.2, -0.15) is 0 Å². The molecule has 0 fully saturated rings. The number of aliphatic hydroxyl groups is 1. The molecule has 0 aromatic heterocycles. The van der Waals surface area contributed by atoms with Crippen LogP contribution in [0.25, 0.3) is 0 Å². The van der Waals surface area contributed by atoms with E-state index in [1.54, 1.807) is 6.92 Å². The van der Waals surface area contributed by atoms with E-state index in [2.05, 4.69) is 45.6 Å². The van der Waals surface area contributed by atoms with Gasteiger partial charge in [0.2, 0.25) is 0 Å². The fourth-order valence-corrected chi connectivity index (χ4v) is 3.82. The van der Waals surface area contributed by atoms with E-state index in [4.69, 9.17) is 9.47 Å². The third-order valence-electron chi connectivity index (χ3n) is 5.82. The van der Waals surface area contributed by atoms with Crippen molar-refractivity contribution in [3.8, 4) is 0 Å². The average molecular weight is 427 g/mol. The van der Waals surface area contributed by atoms with Gasteiger partial charge < -0.3 is 14.6 Å². The second-order valence-electron chi connectivity index (χ2n) is 8.88. The maximum Gasteiger partial charge on any atom is 0.343 e. The molecule has 0 saturated heterocycles. The number of hydrogen-bond donors (Lipinski definition) is 1. The SMILES string of the molecule is C=C1OC(C)C=C1CCC=C(C)CCC=C(C)CCCC(C)C=C1OC(=O)C(C)=C1O. The lowest BCUT2D eigenvalue weighted by molar-refractivity contribution is -0.133. The van der Waals surface area contributed by atoms with E-state index in [0.717, 1.165) is 50.7 Å². The summed E-state index contributed by atoms with van der Waals surface area (Å²) in [5.74, 6) is 0.900. The van der Waals surface area contributed by atoms with Crippen molar-refractivity contribution >= 4 is 5.97 Å². The molecule has 170 valence electrons. The van der Waals surface area contributed by atoms with E-state index in [0.29, 0.717) is 5.76 Å². The molecule has 0 spiro atoms. The molecule has 0 bridgehead atoms. The first-order chi connectivity index (χ1) is 14.7. The number of hydrogen-bond acceptors (Lipinski definition) is 4.